The summed E-state index contributed by atoms with van der Waals surface area (Å²) in [5.41, 5.74) is 2.31. The van der Waals surface area contributed by atoms with Crippen molar-refractivity contribution >= 4 is 17.2 Å². The van der Waals surface area contributed by atoms with Crippen LogP contribution >= 0.6 is 0 Å². The number of fused-ring (bicyclic) bond motifs is 1. The monoisotopic (exact) mass is 201 g/mol. The Labute approximate surface area is 87.7 Å². The molecule has 15 heavy (non-hydrogen) atoms. The minimum Gasteiger partial charge on any atom is -0.496 e. The second kappa shape index (κ2) is 3.69. The Bertz CT molecular complexity index is 520. The Kier molecular flexibility index (Phi) is 2.37. The normalized spacial score (nSPS) is 10.3. The molecule has 0 aliphatic rings. The van der Waals surface area contributed by atoms with Crippen LogP contribution in [0.5, 0.6) is 5.75 Å². The lowest BCUT2D eigenvalue weighted by molar-refractivity contribution is 0.111. The van der Waals surface area contributed by atoms with Crippen molar-refractivity contribution in [1.82, 2.24) is 4.98 Å². The lowest BCUT2D eigenvalue weighted by Crippen LogP contribution is -1.92. The van der Waals surface area contributed by atoms with Gasteiger partial charge in [-0.1, -0.05) is 6.07 Å². The molecule has 0 N–H and O–H groups in total. The summed E-state index contributed by atoms with van der Waals surface area (Å²) in [6, 6.07) is 7.32. The SMILES string of the molecule is COc1ccc2nc(C=O)ccc2c1C. The van der Waals surface area contributed by atoms with Gasteiger partial charge < -0.3 is 4.74 Å². The predicted octanol–water partition coefficient (Wildman–Crippen LogP) is 2.36. The Hall–Kier alpha value is -1.90. The number of carbonyl (C=O) groups is 1. The molecule has 3 nitrogen and oxygen atoms in total. The number of nitrogens with zero attached hydrogens (tertiary/aromatic N) is 1. The lowest BCUT2D eigenvalue weighted by atomic mass is 10.1. The molecule has 2 aromatic rings. The zero-order valence-corrected chi connectivity index (χ0v) is 8.65. The van der Waals surface area contributed by atoms with Crippen molar-refractivity contribution in [3.05, 3.63) is 35.5 Å². The number of benzene rings is 1. The molecule has 0 radical (unpaired) electrons. The van der Waals surface area contributed by atoms with Crippen molar-refractivity contribution in [1.29, 1.82) is 0 Å². The van der Waals surface area contributed by atoms with Gasteiger partial charge in [-0.05, 0) is 25.1 Å². The van der Waals surface area contributed by atoms with Gasteiger partial charge in [-0.25, -0.2) is 4.98 Å². The molecule has 0 spiro atoms. The molecule has 0 fully saturated rings. The molecule has 1 aromatic carbocycles. The fourth-order valence-corrected chi connectivity index (χ4v) is 1.63. The van der Waals surface area contributed by atoms with Gasteiger partial charge in [0.25, 0.3) is 0 Å². The molecule has 3 heteroatoms. The van der Waals surface area contributed by atoms with Crippen molar-refractivity contribution in [3.8, 4) is 5.75 Å². The van der Waals surface area contributed by atoms with Crippen LogP contribution in [0.4, 0.5) is 0 Å². The highest BCUT2D eigenvalue weighted by molar-refractivity contribution is 5.87. The fraction of sp³-hybridized carbons (Fsp3) is 0.167. The number of pyridine rings is 1. The standard InChI is InChI=1S/C12H11NO2/c1-8-10-4-3-9(7-14)13-11(10)5-6-12(8)15-2/h3-7H,1-2H3. The van der Waals surface area contributed by atoms with Gasteiger partial charge in [0.1, 0.15) is 11.4 Å². The quantitative estimate of drug-likeness (QED) is 0.700. The topological polar surface area (TPSA) is 39.2 Å². The van der Waals surface area contributed by atoms with E-state index >= 15 is 0 Å². The highest BCUT2D eigenvalue weighted by Gasteiger charge is 2.04. The molecule has 0 saturated carbocycles. The van der Waals surface area contributed by atoms with Crippen LogP contribution in [0.25, 0.3) is 10.9 Å². The zero-order chi connectivity index (χ0) is 10.8. The largest absolute Gasteiger partial charge is 0.496 e. The zero-order valence-electron chi connectivity index (χ0n) is 8.65. The maximum atomic E-state index is 10.6. The van der Waals surface area contributed by atoms with E-state index in [1.165, 1.54) is 0 Å². The number of methoxy groups -OCH3 is 1. The van der Waals surface area contributed by atoms with E-state index in [1.807, 2.05) is 25.1 Å². The Morgan fingerprint density at radius 3 is 2.73 bits per heavy atom. The van der Waals surface area contributed by atoms with Crippen LogP contribution in [0, 0.1) is 6.92 Å². The van der Waals surface area contributed by atoms with Gasteiger partial charge >= 0.3 is 0 Å². The van der Waals surface area contributed by atoms with Gasteiger partial charge in [-0.3, -0.25) is 4.79 Å². The Morgan fingerprint density at radius 2 is 2.07 bits per heavy atom. The van der Waals surface area contributed by atoms with E-state index in [2.05, 4.69) is 4.98 Å². The summed E-state index contributed by atoms with van der Waals surface area (Å²) >= 11 is 0. The van der Waals surface area contributed by atoms with Crippen LogP contribution in [0.1, 0.15) is 16.1 Å². The third kappa shape index (κ3) is 1.56. The Balaban J connectivity index is 2.73. The first-order chi connectivity index (χ1) is 7.26. The first-order valence-corrected chi connectivity index (χ1v) is 4.66. The molecule has 0 bridgehead atoms. The van der Waals surface area contributed by atoms with Gasteiger partial charge in [0.05, 0.1) is 12.6 Å². The summed E-state index contributed by atoms with van der Waals surface area (Å²) in [6.45, 7) is 1.98. The van der Waals surface area contributed by atoms with E-state index in [-0.39, 0.29) is 0 Å². The summed E-state index contributed by atoms with van der Waals surface area (Å²) in [5, 5.41) is 1.01. The first-order valence-electron chi connectivity index (χ1n) is 4.66. The van der Waals surface area contributed by atoms with E-state index < -0.39 is 0 Å². The number of carbonyl (C=O) groups excluding carboxylic acids is 1. The second-order valence-corrected chi connectivity index (χ2v) is 3.31. The molecule has 0 aliphatic heterocycles. The molecular weight excluding hydrogens is 190 g/mol. The van der Waals surface area contributed by atoms with Crippen molar-refractivity contribution in [3.63, 3.8) is 0 Å². The van der Waals surface area contributed by atoms with Crippen molar-refractivity contribution < 1.29 is 9.53 Å². The summed E-state index contributed by atoms with van der Waals surface area (Å²) in [7, 11) is 1.64. The average molecular weight is 201 g/mol. The number of aryl methyl sites for hydroxylation is 1. The van der Waals surface area contributed by atoms with Crippen molar-refractivity contribution in [2.24, 2.45) is 0 Å². The number of hydrogen-bond acceptors (Lipinski definition) is 3. The van der Waals surface area contributed by atoms with Crippen LogP contribution in [0.2, 0.25) is 0 Å². The van der Waals surface area contributed by atoms with Crippen LogP contribution in [0.3, 0.4) is 0 Å². The van der Waals surface area contributed by atoms with Crippen LogP contribution in [-0.2, 0) is 0 Å². The molecule has 0 amide bonds. The molecule has 1 heterocycles. The minimum absolute atomic E-state index is 0.451. The third-order valence-corrected chi connectivity index (χ3v) is 2.45. The fourth-order valence-electron chi connectivity index (χ4n) is 1.63. The first kappa shape index (κ1) is 9.65. The molecule has 0 unspecified atom stereocenters. The van der Waals surface area contributed by atoms with E-state index in [0.717, 1.165) is 28.5 Å². The minimum atomic E-state index is 0.451. The van der Waals surface area contributed by atoms with E-state index in [1.54, 1.807) is 13.2 Å². The summed E-state index contributed by atoms with van der Waals surface area (Å²) in [6.07, 6.45) is 0.749. The van der Waals surface area contributed by atoms with Gasteiger partial charge in [0.15, 0.2) is 6.29 Å². The average Bonchev–Trinajstić information content (AvgIpc) is 2.29. The summed E-state index contributed by atoms with van der Waals surface area (Å²) < 4.78 is 5.21. The number of ether oxygens (including phenoxy) is 1. The molecule has 2 rings (SSSR count). The number of aldehydes is 1. The second-order valence-electron chi connectivity index (χ2n) is 3.31. The number of rotatable bonds is 2. The summed E-state index contributed by atoms with van der Waals surface area (Å²) in [4.78, 5) is 14.8. The van der Waals surface area contributed by atoms with Crippen LogP contribution in [-0.4, -0.2) is 18.4 Å². The van der Waals surface area contributed by atoms with Gasteiger partial charge in [0.2, 0.25) is 0 Å². The highest BCUT2D eigenvalue weighted by atomic mass is 16.5. The Morgan fingerprint density at radius 1 is 1.27 bits per heavy atom. The maximum absolute atomic E-state index is 10.6. The van der Waals surface area contributed by atoms with E-state index in [4.69, 9.17) is 4.74 Å². The van der Waals surface area contributed by atoms with Crippen molar-refractivity contribution in [2.75, 3.05) is 7.11 Å². The predicted molar refractivity (Wildman–Crippen MR) is 58.4 cm³/mol. The molecule has 76 valence electrons. The third-order valence-electron chi connectivity index (χ3n) is 2.45. The van der Waals surface area contributed by atoms with E-state index in [0.29, 0.717) is 5.69 Å². The van der Waals surface area contributed by atoms with Gasteiger partial charge in [0, 0.05) is 10.9 Å². The molecular formula is C12H11NO2. The van der Waals surface area contributed by atoms with Crippen LogP contribution < -0.4 is 4.74 Å². The smallest absolute Gasteiger partial charge is 0.168 e. The number of aromatic nitrogens is 1. The lowest BCUT2D eigenvalue weighted by Gasteiger charge is -2.07. The van der Waals surface area contributed by atoms with Crippen molar-refractivity contribution in [2.45, 2.75) is 6.92 Å². The van der Waals surface area contributed by atoms with Gasteiger partial charge in [-0.15, -0.1) is 0 Å². The molecule has 1 aromatic heterocycles. The molecule has 0 aliphatic carbocycles. The highest BCUT2D eigenvalue weighted by Crippen LogP contribution is 2.25. The van der Waals surface area contributed by atoms with Crippen LogP contribution in [0.15, 0.2) is 24.3 Å². The van der Waals surface area contributed by atoms with E-state index in [9.17, 15) is 4.79 Å². The maximum Gasteiger partial charge on any atom is 0.168 e. The molecule has 0 atom stereocenters. The number of hydrogen-bond donors (Lipinski definition) is 0. The summed E-state index contributed by atoms with van der Waals surface area (Å²) in [5.74, 6) is 0.836. The molecule has 0 saturated heterocycles. The van der Waals surface area contributed by atoms with Gasteiger partial charge in [-0.2, -0.15) is 0 Å².